The van der Waals surface area contributed by atoms with Crippen molar-refractivity contribution in [2.24, 2.45) is 0 Å². The van der Waals surface area contributed by atoms with Crippen LogP contribution in [0.15, 0.2) is 6.07 Å². The third-order valence-corrected chi connectivity index (χ3v) is 2.38. The summed E-state index contributed by atoms with van der Waals surface area (Å²) in [6.45, 7) is 6.58. The number of hydrogen-bond acceptors (Lipinski definition) is 3. The van der Waals surface area contributed by atoms with Crippen molar-refractivity contribution >= 4 is 11.9 Å². The van der Waals surface area contributed by atoms with Gasteiger partial charge >= 0.3 is 5.97 Å². The molecule has 0 radical (unpaired) electrons. The highest BCUT2D eigenvalue weighted by Gasteiger charge is 2.28. The Kier molecular flexibility index (Phi) is 3.55. The van der Waals surface area contributed by atoms with Gasteiger partial charge in [0.25, 0.3) is 0 Å². The number of nitrogens with one attached hydrogen (secondary N) is 1. The first-order valence-electron chi connectivity index (χ1n) is 5.28. The van der Waals surface area contributed by atoms with Gasteiger partial charge in [-0.3, -0.25) is 9.48 Å². The minimum atomic E-state index is -1.27. The normalized spacial score (nSPS) is 11.3. The number of aromatic nitrogens is 2. The van der Waals surface area contributed by atoms with Gasteiger partial charge in [0.05, 0.1) is 5.69 Å². The van der Waals surface area contributed by atoms with Crippen LogP contribution in [0.2, 0.25) is 0 Å². The molecule has 0 aliphatic heterocycles. The number of amides is 1. The molecule has 0 bridgehead atoms. The van der Waals surface area contributed by atoms with Crippen LogP contribution in [-0.4, -0.2) is 32.3 Å². The lowest BCUT2D eigenvalue weighted by atomic mass is 10.1. The monoisotopic (exact) mass is 239 g/mol. The summed E-state index contributed by atoms with van der Waals surface area (Å²) in [6, 6.07) is 1.86. The predicted octanol–water partition coefficient (Wildman–Crippen LogP) is 0.479. The first-order valence-corrected chi connectivity index (χ1v) is 5.28. The number of hydrogen-bond donors (Lipinski definition) is 2. The number of carboxylic acids is 1. The Morgan fingerprint density at radius 2 is 2.06 bits per heavy atom. The van der Waals surface area contributed by atoms with Crippen LogP contribution in [0, 0.1) is 13.8 Å². The Balaban J connectivity index is 2.68. The quantitative estimate of drug-likeness (QED) is 0.800. The SMILES string of the molecule is Cc1cc(C)n(CC(=O)NC(C)(C)C(=O)O)n1. The average molecular weight is 239 g/mol. The second-order valence-corrected chi connectivity index (χ2v) is 4.56. The van der Waals surface area contributed by atoms with Crippen molar-refractivity contribution in [3.8, 4) is 0 Å². The molecule has 94 valence electrons. The lowest BCUT2D eigenvalue weighted by Gasteiger charge is -2.21. The molecule has 0 fully saturated rings. The Labute approximate surface area is 99.6 Å². The fraction of sp³-hybridized carbons (Fsp3) is 0.545. The summed E-state index contributed by atoms with van der Waals surface area (Å²) >= 11 is 0. The van der Waals surface area contributed by atoms with E-state index in [1.807, 2.05) is 19.9 Å². The molecule has 1 aromatic heterocycles. The molecule has 0 aliphatic rings. The van der Waals surface area contributed by atoms with Crippen LogP contribution in [0.4, 0.5) is 0 Å². The number of carbonyl (C=O) groups excluding carboxylic acids is 1. The van der Waals surface area contributed by atoms with E-state index in [4.69, 9.17) is 5.11 Å². The van der Waals surface area contributed by atoms with Crippen LogP contribution in [0.25, 0.3) is 0 Å². The van der Waals surface area contributed by atoms with E-state index in [-0.39, 0.29) is 12.5 Å². The van der Waals surface area contributed by atoms with Crippen LogP contribution < -0.4 is 5.32 Å². The maximum absolute atomic E-state index is 11.7. The van der Waals surface area contributed by atoms with Gasteiger partial charge in [-0.25, -0.2) is 4.79 Å². The highest BCUT2D eigenvalue weighted by atomic mass is 16.4. The molecule has 0 saturated heterocycles. The van der Waals surface area contributed by atoms with Crippen LogP contribution in [0.5, 0.6) is 0 Å². The maximum Gasteiger partial charge on any atom is 0.328 e. The molecule has 1 heterocycles. The average Bonchev–Trinajstić information content (AvgIpc) is 2.43. The van der Waals surface area contributed by atoms with E-state index in [9.17, 15) is 9.59 Å². The third kappa shape index (κ3) is 3.30. The molecule has 6 nitrogen and oxygen atoms in total. The summed E-state index contributed by atoms with van der Waals surface area (Å²) in [7, 11) is 0. The van der Waals surface area contributed by atoms with Gasteiger partial charge in [0.15, 0.2) is 0 Å². The second-order valence-electron chi connectivity index (χ2n) is 4.56. The van der Waals surface area contributed by atoms with Gasteiger partial charge in [-0.2, -0.15) is 5.10 Å². The van der Waals surface area contributed by atoms with Crippen LogP contribution in [-0.2, 0) is 16.1 Å². The van der Waals surface area contributed by atoms with Crippen LogP contribution >= 0.6 is 0 Å². The molecule has 2 N–H and O–H groups in total. The Hall–Kier alpha value is -1.85. The molecule has 17 heavy (non-hydrogen) atoms. The third-order valence-electron chi connectivity index (χ3n) is 2.38. The molecule has 6 heteroatoms. The van der Waals surface area contributed by atoms with Crippen molar-refractivity contribution in [1.29, 1.82) is 0 Å². The zero-order chi connectivity index (χ0) is 13.2. The molecular formula is C11H17N3O3. The molecule has 1 rings (SSSR count). The molecule has 0 aromatic carbocycles. The smallest absolute Gasteiger partial charge is 0.328 e. The van der Waals surface area contributed by atoms with Gasteiger partial charge < -0.3 is 10.4 Å². The molecule has 1 amide bonds. The van der Waals surface area contributed by atoms with Crippen LogP contribution in [0.1, 0.15) is 25.2 Å². The van der Waals surface area contributed by atoms with Gasteiger partial charge in [0.1, 0.15) is 12.1 Å². The van der Waals surface area contributed by atoms with E-state index in [1.165, 1.54) is 13.8 Å². The van der Waals surface area contributed by atoms with E-state index >= 15 is 0 Å². The number of carbonyl (C=O) groups is 2. The van der Waals surface area contributed by atoms with Gasteiger partial charge in [0, 0.05) is 5.69 Å². The summed E-state index contributed by atoms with van der Waals surface area (Å²) in [5.74, 6) is -1.44. The first kappa shape index (κ1) is 13.2. The standard InChI is InChI=1S/C11H17N3O3/c1-7-5-8(2)14(13-7)6-9(15)12-11(3,4)10(16)17/h5H,6H2,1-4H3,(H,12,15)(H,16,17). The molecule has 0 aliphatic carbocycles. The molecule has 0 atom stereocenters. The van der Waals surface area contributed by atoms with E-state index < -0.39 is 11.5 Å². The van der Waals surface area contributed by atoms with E-state index in [2.05, 4.69) is 10.4 Å². The number of aryl methyl sites for hydroxylation is 2. The van der Waals surface area contributed by atoms with Gasteiger partial charge in [-0.15, -0.1) is 0 Å². The van der Waals surface area contributed by atoms with E-state index in [0.717, 1.165) is 11.4 Å². The number of rotatable bonds is 4. The maximum atomic E-state index is 11.7. The minimum absolute atomic E-state index is 0.0242. The fourth-order valence-electron chi connectivity index (χ4n) is 1.41. The van der Waals surface area contributed by atoms with Crippen molar-refractivity contribution in [2.45, 2.75) is 39.8 Å². The predicted molar refractivity (Wildman–Crippen MR) is 61.6 cm³/mol. The topological polar surface area (TPSA) is 84.2 Å². The first-order chi connectivity index (χ1) is 7.72. The van der Waals surface area contributed by atoms with Crippen molar-refractivity contribution in [3.05, 3.63) is 17.5 Å². The summed E-state index contributed by atoms with van der Waals surface area (Å²) in [6.07, 6.45) is 0. The highest BCUT2D eigenvalue weighted by Crippen LogP contribution is 2.04. The minimum Gasteiger partial charge on any atom is -0.480 e. The molecular weight excluding hydrogens is 222 g/mol. The van der Waals surface area contributed by atoms with Crippen molar-refractivity contribution in [2.75, 3.05) is 0 Å². The van der Waals surface area contributed by atoms with Crippen LogP contribution in [0.3, 0.4) is 0 Å². The van der Waals surface area contributed by atoms with E-state index in [1.54, 1.807) is 4.68 Å². The summed E-state index contributed by atoms with van der Waals surface area (Å²) in [5, 5.41) is 15.5. The Morgan fingerprint density at radius 1 is 1.47 bits per heavy atom. The zero-order valence-corrected chi connectivity index (χ0v) is 10.4. The lowest BCUT2D eigenvalue weighted by Crippen LogP contribution is -2.50. The number of nitrogens with zero attached hydrogens (tertiary/aromatic N) is 2. The van der Waals surface area contributed by atoms with Gasteiger partial charge in [-0.05, 0) is 33.8 Å². The summed E-state index contributed by atoms with van der Waals surface area (Å²) in [4.78, 5) is 22.5. The zero-order valence-electron chi connectivity index (χ0n) is 10.4. The molecule has 0 spiro atoms. The van der Waals surface area contributed by atoms with Crippen molar-refractivity contribution in [3.63, 3.8) is 0 Å². The highest BCUT2D eigenvalue weighted by molar-refractivity contribution is 5.86. The van der Waals surface area contributed by atoms with Crippen molar-refractivity contribution < 1.29 is 14.7 Å². The molecule has 0 saturated carbocycles. The fourth-order valence-corrected chi connectivity index (χ4v) is 1.41. The largest absolute Gasteiger partial charge is 0.480 e. The molecule has 1 aromatic rings. The van der Waals surface area contributed by atoms with Gasteiger partial charge in [-0.1, -0.05) is 0 Å². The summed E-state index contributed by atoms with van der Waals surface area (Å²) in [5.41, 5.74) is 0.422. The summed E-state index contributed by atoms with van der Waals surface area (Å²) < 4.78 is 1.54. The number of aliphatic carboxylic acids is 1. The van der Waals surface area contributed by atoms with E-state index in [0.29, 0.717) is 0 Å². The molecule has 0 unspecified atom stereocenters. The lowest BCUT2D eigenvalue weighted by molar-refractivity contribution is -0.146. The van der Waals surface area contributed by atoms with Crippen molar-refractivity contribution in [1.82, 2.24) is 15.1 Å². The Bertz CT molecular complexity index is 449. The second kappa shape index (κ2) is 4.57. The Morgan fingerprint density at radius 3 is 2.47 bits per heavy atom. The number of carboxylic acid groups (broad SMARTS) is 1. The van der Waals surface area contributed by atoms with Gasteiger partial charge in [0.2, 0.25) is 5.91 Å².